The zero-order valence-electron chi connectivity index (χ0n) is 11.3. The van der Waals surface area contributed by atoms with Crippen LogP contribution < -0.4 is 5.32 Å². The molecule has 0 saturated heterocycles. The van der Waals surface area contributed by atoms with Gasteiger partial charge in [0, 0.05) is 12.1 Å². The van der Waals surface area contributed by atoms with Gasteiger partial charge in [0.1, 0.15) is 0 Å². The molecule has 0 radical (unpaired) electrons. The van der Waals surface area contributed by atoms with Crippen molar-refractivity contribution in [2.75, 3.05) is 5.32 Å². The van der Waals surface area contributed by atoms with Crippen molar-refractivity contribution in [2.24, 2.45) is 0 Å². The SMILES string of the molecule is CC(CC(=O)Nc1cccc(C#N)c1)c1ccccc1. The molecule has 2 aromatic rings. The van der Waals surface area contributed by atoms with E-state index in [9.17, 15) is 4.79 Å². The molecular formula is C17H16N2O. The number of carbonyl (C=O) groups excluding carboxylic acids is 1. The van der Waals surface area contributed by atoms with E-state index in [1.807, 2.05) is 37.3 Å². The number of rotatable bonds is 4. The van der Waals surface area contributed by atoms with Crippen LogP contribution in [0.15, 0.2) is 54.6 Å². The van der Waals surface area contributed by atoms with Crippen LogP contribution >= 0.6 is 0 Å². The van der Waals surface area contributed by atoms with Gasteiger partial charge in [-0.25, -0.2) is 0 Å². The maximum Gasteiger partial charge on any atom is 0.224 e. The lowest BCUT2D eigenvalue weighted by Gasteiger charge is -2.12. The van der Waals surface area contributed by atoms with Gasteiger partial charge < -0.3 is 5.32 Å². The average molecular weight is 264 g/mol. The van der Waals surface area contributed by atoms with E-state index in [0.717, 1.165) is 5.56 Å². The molecule has 1 N–H and O–H groups in total. The lowest BCUT2D eigenvalue weighted by molar-refractivity contribution is -0.116. The van der Waals surface area contributed by atoms with E-state index in [2.05, 4.69) is 11.4 Å². The van der Waals surface area contributed by atoms with Crippen molar-refractivity contribution in [1.82, 2.24) is 0 Å². The Morgan fingerprint density at radius 3 is 2.65 bits per heavy atom. The standard InChI is InChI=1S/C17H16N2O/c1-13(15-7-3-2-4-8-15)10-17(20)19-16-9-5-6-14(11-16)12-18/h2-9,11,13H,10H2,1H3,(H,19,20). The second kappa shape index (κ2) is 6.53. The summed E-state index contributed by atoms with van der Waals surface area (Å²) in [5.41, 5.74) is 2.35. The summed E-state index contributed by atoms with van der Waals surface area (Å²) in [4.78, 5) is 12.0. The Labute approximate surface area is 118 Å². The molecule has 0 aliphatic heterocycles. The van der Waals surface area contributed by atoms with Crippen molar-refractivity contribution in [3.05, 3.63) is 65.7 Å². The van der Waals surface area contributed by atoms with Crippen LogP contribution in [0.5, 0.6) is 0 Å². The molecule has 1 amide bonds. The van der Waals surface area contributed by atoms with Crippen LogP contribution in [-0.2, 0) is 4.79 Å². The van der Waals surface area contributed by atoms with Gasteiger partial charge in [-0.1, -0.05) is 43.3 Å². The zero-order valence-corrected chi connectivity index (χ0v) is 11.3. The predicted molar refractivity (Wildman–Crippen MR) is 79.3 cm³/mol. The van der Waals surface area contributed by atoms with Crippen LogP contribution in [-0.4, -0.2) is 5.91 Å². The van der Waals surface area contributed by atoms with Crippen molar-refractivity contribution in [3.63, 3.8) is 0 Å². The van der Waals surface area contributed by atoms with Crippen molar-refractivity contribution in [2.45, 2.75) is 19.3 Å². The summed E-state index contributed by atoms with van der Waals surface area (Å²) >= 11 is 0. The first-order chi connectivity index (χ1) is 9.69. The Morgan fingerprint density at radius 1 is 1.20 bits per heavy atom. The summed E-state index contributed by atoms with van der Waals surface area (Å²) in [6.07, 6.45) is 0.417. The molecule has 3 heteroatoms. The zero-order chi connectivity index (χ0) is 14.4. The lowest BCUT2D eigenvalue weighted by Crippen LogP contribution is -2.14. The van der Waals surface area contributed by atoms with Crippen molar-refractivity contribution >= 4 is 11.6 Å². The summed E-state index contributed by atoms with van der Waals surface area (Å²) in [7, 11) is 0. The van der Waals surface area contributed by atoms with Crippen LogP contribution in [0.25, 0.3) is 0 Å². The molecule has 0 aliphatic carbocycles. The van der Waals surface area contributed by atoms with Crippen LogP contribution in [0, 0.1) is 11.3 Å². The van der Waals surface area contributed by atoms with Gasteiger partial charge in [0.05, 0.1) is 11.6 Å². The average Bonchev–Trinajstić information content (AvgIpc) is 2.48. The molecule has 3 nitrogen and oxygen atoms in total. The first kappa shape index (κ1) is 13.8. The summed E-state index contributed by atoms with van der Waals surface area (Å²) in [5, 5.41) is 11.7. The molecular weight excluding hydrogens is 248 g/mol. The summed E-state index contributed by atoms with van der Waals surface area (Å²) in [6, 6.07) is 18.9. The van der Waals surface area contributed by atoms with E-state index in [4.69, 9.17) is 5.26 Å². The first-order valence-corrected chi connectivity index (χ1v) is 6.54. The third-order valence-corrected chi connectivity index (χ3v) is 3.14. The van der Waals surface area contributed by atoms with Crippen molar-refractivity contribution in [1.29, 1.82) is 5.26 Å². The largest absolute Gasteiger partial charge is 0.326 e. The Hall–Kier alpha value is -2.60. The smallest absolute Gasteiger partial charge is 0.224 e. The van der Waals surface area contributed by atoms with E-state index in [-0.39, 0.29) is 11.8 Å². The van der Waals surface area contributed by atoms with E-state index < -0.39 is 0 Å². The number of carbonyl (C=O) groups is 1. The predicted octanol–water partition coefficient (Wildman–Crippen LogP) is 3.69. The highest BCUT2D eigenvalue weighted by molar-refractivity contribution is 5.91. The third-order valence-electron chi connectivity index (χ3n) is 3.14. The van der Waals surface area contributed by atoms with Gasteiger partial charge in [-0.05, 0) is 29.7 Å². The molecule has 0 aliphatic rings. The molecule has 0 heterocycles. The first-order valence-electron chi connectivity index (χ1n) is 6.54. The van der Waals surface area contributed by atoms with Gasteiger partial charge in [-0.15, -0.1) is 0 Å². The molecule has 1 unspecified atom stereocenters. The number of nitriles is 1. The van der Waals surface area contributed by atoms with Gasteiger partial charge in [-0.3, -0.25) is 4.79 Å². The molecule has 20 heavy (non-hydrogen) atoms. The summed E-state index contributed by atoms with van der Waals surface area (Å²) < 4.78 is 0. The number of hydrogen-bond donors (Lipinski definition) is 1. The highest BCUT2D eigenvalue weighted by Crippen LogP contribution is 2.19. The molecule has 2 rings (SSSR count). The molecule has 0 bridgehead atoms. The lowest BCUT2D eigenvalue weighted by atomic mass is 9.97. The van der Waals surface area contributed by atoms with E-state index >= 15 is 0 Å². The minimum Gasteiger partial charge on any atom is -0.326 e. The quantitative estimate of drug-likeness (QED) is 0.915. The highest BCUT2D eigenvalue weighted by Gasteiger charge is 2.11. The number of anilines is 1. The molecule has 100 valence electrons. The summed E-state index contributed by atoms with van der Waals surface area (Å²) in [6.45, 7) is 2.03. The molecule has 0 aromatic heterocycles. The maximum atomic E-state index is 12.0. The normalized spacial score (nSPS) is 11.4. The summed E-state index contributed by atoms with van der Waals surface area (Å²) in [5.74, 6) is 0.117. The number of nitrogens with zero attached hydrogens (tertiary/aromatic N) is 1. The monoisotopic (exact) mass is 264 g/mol. The van der Waals surface area contributed by atoms with Gasteiger partial charge in [-0.2, -0.15) is 5.26 Å². The van der Waals surface area contributed by atoms with Crippen molar-refractivity contribution < 1.29 is 4.79 Å². The fourth-order valence-corrected chi connectivity index (χ4v) is 2.06. The van der Waals surface area contributed by atoms with E-state index in [0.29, 0.717) is 17.7 Å². The molecule has 0 saturated carbocycles. The highest BCUT2D eigenvalue weighted by atomic mass is 16.1. The van der Waals surface area contributed by atoms with Gasteiger partial charge in [0.25, 0.3) is 0 Å². The van der Waals surface area contributed by atoms with Crippen LogP contribution in [0.2, 0.25) is 0 Å². The van der Waals surface area contributed by atoms with Gasteiger partial charge in [0.2, 0.25) is 5.91 Å². The number of hydrogen-bond acceptors (Lipinski definition) is 2. The molecule has 0 fully saturated rings. The van der Waals surface area contributed by atoms with Crippen LogP contribution in [0.4, 0.5) is 5.69 Å². The number of amides is 1. The second-order valence-corrected chi connectivity index (χ2v) is 4.76. The topological polar surface area (TPSA) is 52.9 Å². The third kappa shape index (κ3) is 3.69. The fraction of sp³-hybridized carbons (Fsp3) is 0.176. The van der Waals surface area contributed by atoms with Gasteiger partial charge >= 0.3 is 0 Å². The Kier molecular flexibility index (Phi) is 4.52. The molecule has 2 aromatic carbocycles. The Morgan fingerprint density at radius 2 is 1.95 bits per heavy atom. The number of nitrogens with one attached hydrogen (secondary N) is 1. The fourth-order valence-electron chi connectivity index (χ4n) is 2.06. The van der Waals surface area contributed by atoms with Gasteiger partial charge in [0.15, 0.2) is 0 Å². The minimum absolute atomic E-state index is 0.0450. The molecule has 1 atom stereocenters. The van der Waals surface area contributed by atoms with E-state index in [1.54, 1.807) is 24.3 Å². The molecule has 0 spiro atoms. The van der Waals surface area contributed by atoms with Crippen LogP contribution in [0.3, 0.4) is 0 Å². The van der Waals surface area contributed by atoms with E-state index in [1.165, 1.54) is 0 Å². The van der Waals surface area contributed by atoms with Crippen LogP contribution in [0.1, 0.15) is 30.4 Å². The Bertz CT molecular complexity index is 629. The maximum absolute atomic E-state index is 12.0. The number of benzene rings is 2. The minimum atomic E-state index is -0.0450. The Balaban J connectivity index is 1.97. The van der Waals surface area contributed by atoms with Crippen molar-refractivity contribution in [3.8, 4) is 6.07 Å². The second-order valence-electron chi connectivity index (χ2n) is 4.76.